The second-order valence-corrected chi connectivity index (χ2v) is 6.09. The summed E-state index contributed by atoms with van der Waals surface area (Å²) in [5.41, 5.74) is 0. The van der Waals surface area contributed by atoms with Crippen LogP contribution in [0.4, 0.5) is 0 Å². The molecule has 168 valence electrons. The van der Waals surface area contributed by atoms with E-state index in [0.717, 1.165) is 12.8 Å². The Hall–Kier alpha value is -0.770. The summed E-state index contributed by atoms with van der Waals surface area (Å²) in [5, 5.41) is 8.52. The van der Waals surface area contributed by atoms with Gasteiger partial charge in [0.15, 0.2) is 0 Å². The molecule has 0 fully saturated rings. The van der Waals surface area contributed by atoms with Crippen LogP contribution in [0.3, 0.4) is 0 Å². The predicted molar refractivity (Wildman–Crippen MR) is 109 cm³/mol. The molecule has 0 aromatic rings. The van der Waals surface area contributed by atoms with Crippen LogP contribution in [-0.2, 0) is 4.79 Å². The van der Waals surface area contributed by atoms with Crippen molar-refractivity contribution < 1.29 is 42.8 Å². The molecule has 0 spiro atoms. The molecule has 0 aliphatic rings. The molecule has 0 saturated carbocycles. The van der Waals surface area contributed by atoms with Gasteiger partial charge in [0.25, 0.3) is 0 Å². The van der Waals surface area contributed by atoms with Crippen LogP contribution in [0.1, 0.15) is 110 Å². The summed E-state index contributed by atoms with van der Waals surface area (Å²) >= 11 is 0. The van der Waals surface area contributed by atoms with E-state index in [1.54, 1.807) is 0 Å². The van der Waals surface area contributed by atoms with Crippen LogP contribution >= 0.6 is 0 Å². The summed E-state index contributed by atoms with van der Waals surface area (Å²) < 4.78 is 0. The van der Waals surface area contributed by atoms with E-state index in [2.05, 4.69) is 6.92 Å². The molecule has 0 unspecified atom stereocenters. The molecule has 0 bridgehead atoms. The Morgan fingerprint density at radius 3 is 0.962 bits per heavy atom. The molecule has 8 nitrogen and oxygen atoms in total. The highest BCUT2D eigenvalue weighted by Crippen LogP contribution is 2.13. The van der Waals surface area contributed by atoms with Gasteiger partial charge in [0.05, 0.1) is 0 Å². The average molecular weight is 393 g/mol. The number of hydrogen-bond donors (Lipinski definition) is 1. The maximum atomic E-state index is 10.3. The van der Waals surface area contributed by atoms with Crippen LogP contribution in [0.5, 0.6) is 0 Å². The standard InChI is InChI=1S/C18H36O2.6H2O/c1-2-3-4-5-6-7-8-9-10-11-12-13-14-15-16-17-18(19)20;;;;;;/h2-17H2,1H3,(H,19,20);6*1H2. The van der Waals surface area contributed by atoms with Gasteiger partial charge < -0.3 is 38.0 Å². The first kappa shape index (κ1) is 44.6. The fourth-order valence-electron chi connectivity index (χ4n) is 2.65. The summed E-state index contributed by atoms with van der Waals surface area (Å²) in [6.07, 6.45) is 20.2. The van der Waals surface area contributed by atoms with Gasteiger partial charge in [-0.15, -0.1) is 0 Å². The maximum Gasteiger partial charge on any atom is 0.303 e. The van der Waals surface area contributed by atoms with Gasteiger partial charge in [-0.1, -0.05) is 96.8 Å². The largest absolute Gasteiger partial charge is 0.481 e. The third kappa shape index (κ3) is 43.6. The zero-order valence-corrected chi connectivity index (χ0v) is 16.7. The Kier molecular flexibility index (Phi) is 67.4. The van der Waals surface area contributed by atoms with Crippen molar-refractivity contribution >= 4 is 5.97 Å². The average Bonchev–Trinajstić information content (AvgIpc) is 2.43. The van der Waals surface area contributed by atoms with Gasteiger partial charge >= 0.3 is 5.97 Å². The molecular formula is C18H48O8. The molecule has 0 aromatic carbocycles. The molecule has 0 saturated heterocycles. The molecule has 13 N–H and O–H groups in total. The van der Waals surface area contributed by atoms with Crippen molar-refractivity contribution in [1.29, 1.82) is 0 Å². The van der Waals surface area contributed by atoms with Crippen LogP contribution in [-0.4, -0.2) is 43.9 Å². The van der Waals surface area contributed by atoms with Crippen LogP contribution in [0.15, 0.2) is 0 Å². The molecule has 8 heteroatoms. The summed E-state index contributed by atoms with van der Waals surface area (Å²) in [4.78, 5) is 10.3. The van der Waals surface area contributed by atoms with Crippen LogP contribution < -0.4 is 0 Å². The van der Waals surface area contributed by atoms with Gasteiger partial charge in [-0.25, -0.2) is 0 Å². The summed E-state index contributed by atoms with van der Waals surface area (Å²) in [7, 11) is 0. The van der Waals surface area contributed by atoms with E-state index >= 15 is 0 Å². The van der Waals surface area contributed by atoms with Gasteiger partial charge in [0, 0.05) is 6.42 Å². The zero-order valence-electron chi connectivity index (χ0n) is 16.7. The Bertz CT molecular complexity index is 215. The van der Waals surface area contributed by atoms with Crippen molar-refractivity contribution in [3.8, 4) is 0 Å². The Labute approximate surface area is 159 Å². The molecule has 0 atom stereocenters. The summed E-state index contributed by atoms with van der Waals surface area (Å²) in [6.45, 7) is 2.27. The van der Waals surface area contributed by atoms with Crippen molar-refractivity contribution in [2.45, 2.75) is 110 Å². The Morgan fingerprint density at radius 1 is 0.500 bits per heavy atom. The van der Waals surface area contributed by atoms with Gasteiger partial charge in [0.1, 0.15) is 0 Å². The summed E-state index contributed by atoms with van der Waals surface area (Å²) in [6, 6.07) is 0. The number of carboxylic acid groups (broad SMARTS) is 1. The van der Waals surface area contributed by atoms with Crippen LogP contribution in [0.25, 0.3) is 0 Å². The third-order valence-electron chi connectivity index (χ3n) is 3.99. The van der Waals surface area contributed by atoms with E-state index in [0.29, 0.717) is 6.42 Å². The van der Waals surface area contributed by atoms with E-state index in [1.165, 1.54) is 83.5 Å². The normalized spacial score (nSPS) is 8.35. The molecule has 0 aliphatic carbocycles. The highest BCUT2D eigenvalue weighted by Gasteiger charge is 1.97. The molecule has 0 aliphatic heterocycles. The fraction of sp³-hybridized carbons (Fsp3) is 0.944. The minimum Gasteiger partial charge on any atom is -0.481 e. The lowest BCUT2D eigenvalue weighted by molar-refractivity contribution is -0.137. The molecule has 0 radical (unpaired) electrons. The SMILES string of the molecule is CCCCCCCCCCCCCCCCCC(=O)O.O.O.O.O.O.O. The molecule has 0 amide bonds. The van der Waals surface area contributed by atoms with E-state index in [1.807, 2.05) is 0 Å². The van der Waals surface area contributed by atoms with E-state index in [9.17, 15) is 4.79 Å². The van der Waals surface area contributed by atoms with Gasteiger partial charge in [0.2, 0.25) is 0 Å². The zero-order chi connectivity index (χ0) is 14.9. The molecule has 0 aromatic heterocycles. The molecule has 0 heterocycles. The summed E-state index contributed by atoms with van der Waals surface area (Å²) in [5.74, 6) is -0.653. The van der Waals surface area contributed by atoms with Crippen LogP contribution in [0, 0.1) is 0 Å². The first-order chi connectivity index (χ1) is 9.77. The molecule has 26 heavy (non-hydrogen) atoms. The van der Waals surface area contributed by atoms with E-state index in [4.69, 9.17) is 5.11 Å². The topological polar surface area (TPSA) is 226 Å². The fourth-order valence-corrected chi connectivity index (χ4v) is 2.65. The molecular weight excluding hydrogens is 344 g/mol. The second kappa shape index (κ2) is 39.3. The minimum absolute atomic E-state index is 0. The van der Waals surface area contributed by atoms with Crippen molar-refractivity contribution in [3.05, 3.63) is 0 Å². The quantitative estimate of drug-likeness (QED) is 0.384. The lowest BCUT2D eigenvalue weighted by atomic mass is 10.0. The first-order valence-electron chi connectivity index (χ1n) is 8.99. The van der Waals surface area contributed by atoms with Gasteiger partial charge in [-0.05, 0) is 6.42 Å². The highest BCUT2D eigenvalue weighted by atomic mass is 16.4. The van der Waals surface area contributed by atoms with Crippen molar-refractivity contribution in [1.82, 2.24) is 0 Å². The number of carbonyl (C=O) groups is 1. The van der Waals surface area contributed by atoms with E-state index in [-0.39, 0.29) is 32.9 Å². The number of aliphatic carboxylic acids is 1. The second-order valence-electron chi connectivity index (χ2n) is 6.09. The Balaban J connectivity index is -0.000000120. The highest BCUT2D eigenvalue weighted by molar-refractivity contribution is 5.66. The lowest BCUT2D eigenvalue weighted by Gasteiger charge is -2.03. The van der Waals surface area contributed by atoms with Crippen molar-refractivity contribution in [2.75, 3.05) is 0 Å². The maximum absolute atomic E-state index is 10.3. The smallest absolute Gasteiger partial charge is 0.303 e. The number of rotatable bonds is 16. The Morgan fingerprint density at radius 2 is 0.731 bits per heavy atom. The van der Waals surface area contributed by atoms with E-state index < -0.39 is 5.97 Å². The van der Waals surface area contributed by atoms with Crippen molar-refractivity contribution in [2.24, 2.45) is 0 Å². The first-order valence-corrected chi connectivity index (χ1v) is 8.99. The minimum atomic E-state index is -0.653. The monoisotopic (exact) mass is 392 g/mol. The molecule has 0 rings (SSSR count). The van der Waals surface area contributed by atoms with Gasteiger partial charge in [-0.2, -0.15) is 0 Å². The van der Waals surface area contributed by atoms with Crippen molar-refractivity contribution in [3.63, 3.8) is 0 Å². The van der Waals surface area contributed by atoms with Gasteiger partial charge in [-0.3, -0.25) is 4.79 Å². The number of unbranched alkanes of at least 4 members (excludes halogenated alkanes) is 14. The lowest BCUT2D eigenvalue weighted by Crippen LogP contribution is -1.93. The number of hydrogen-bond acceptors (Lipinski definition) is 1. The predicted octanol–water partition coefficient (Wildman–Crippen LogP) is 1.38. The number of carboxylic acids is 1. The third-order valence-corrected chi connectivity index (χ3v) is 3.99. The van der Waals surface area contributed by atoms with Crippen LogP contribution in [0.2, 0.25) is 0 Å².